The summed E-state index contributed by atoms with van der Waals surface area (Å²) >= 11 is 0.928. The van der Waals surface area contributed by atoms with Gasteiger partial charge in [-0.25, -0.2) is 0 Å². The lowest BCUT2D eigenvalue weighted by Crippen LogP contribution is -2.36. The van der Waals surface area contributed by atoms with E-state index in [2.05, 4.69) is 4.74 Å². The molecule has 1 rings (SSSR count). The number of nitro groups is 1. The lowest BCUT2D eigenvalue weighted by Gasteiger charge is -2.20. The number of ether oxygens (including phenoxy) is 3. The normalized spacial score (nSPS) is 10.1. The summed E-state index contributed by atoms with van der Waals surface area (Å²) in [7, 11) is 0. The fourth-order valence-electron chi connectivity index (χ4n) is 2.04. The Morgan fingerprint density at radius 1 is 1.04 bits per heavy atom. The van der Waals surface area contributed by atoms with Crippen LogP contribution in [0.4, 0.5) is 10.7 Å². The van der Waals surface area contributed by atoms with Crippen LogP contribution in [0.3, 0.4) is 0 Å². The third kappa shape index (κ3) is 7.31. The van der Waals surface area contributed by atoms with E-state index in [9.17, 15) is 29.3 Å². The Morgan fingerprint density at radius 2 is 1.61 bits per heavy atom. The third-order valence-corrected chi connectivity index (χ3v) is 4.07. The van der Waals surface area contributed by atoms with Gasteiger partial charge in [-0.05, 0) is 19.2 Å². The van der Waals surface area contributed by atoms with Gasteiger partial charge in [0.2, 0.25) is 5.91 Å². The van der Waals surface area contributed by atoms with Crippen LogP contribution in [0, 0.1) is 10.1 Å². The molecule has 0 aliphatic heterocycles. The molecule has 0 aliphatic rings. The van der Waals surface area contributed by atoms with E-state index in [1.165, 1.54) is 11.4 Å². The minimum Gasteiger partial charge on any atom is -0.466 e. The molecule has 0 radical (unpaired) electrons. The fraction of sp³-hybridized carbons (Fsp3) is 0.500. The maximum absolute atomic E-state index is 12.4. The predicted octanol–water partition coefficient (Wildman–Crippen LogP) is 1.44. The largest absolute Gasteiger partial charge is 0.466 e. The lowest BCUT2D eigenvalue weighted by atomic mass is 10.3. The van der Waals surface area contributed by atoms with Crippen LogP contribution >= 0.6 is 11.3 Å². The molecule has 0 saturated carbocycles. The molecule has 1 aromatic heterocycles. The first kappa shape index (κ1) is 23.0. The van der Waals surface area contributed by atoms with Gasteiger partial charge in [0, 0.05) is 6.07 Å². The first-order valence-electron chi connectivity index (χ1n) is 8.29. The van der Waals surface area contributed by atoms with Gasteiger partial charge in [-0.1, -0.05) is 0 Å². The number of carbonyl (C=O) groups excluding carboxylic acids is 4. The van der Waals surface area contributed by atoms with Gasteiger partial charge < -0.3 is 14.2 Å². The maximum atomic E-state index is 12.4. The van der Waals surface area contributed by atoms with E-state index >= 15 is 0 Å². The molecule has 1 amide bonds. The number of anilines is 1. The molecule has 0 unspecified atom stereocenters. The molecule has 0 aromatic carbocycles. The van der Waals surface area contributed by atoms with Gasteiger partial charge in [-0.3, -0.25) is 34.2 Å². The molecule has 0 N–H and O–H groups in total. The molecule has 28 heavy (non-hydrogen) atoms. The number of esters is 3. The van der Waals surface area contributed by atoms with E-state index in [0.717, 1.165) is 16.2 Å². The van der Waals surface area contributed by atoms with Crippen LogP contribution in [-0.4, -0.2) is 55.1 Å². The molecule has 1 aromatic rings. The number of amides is 1. The van der Waals surface area contributed by atoms with Crippen molar-refractivity contribution in [2.45, 2.75) is 26.7 Å². The van der Waals surface area contributed by atoms with Gasteiger partial charge in [0.05, 0.1) is 24.7 Å². The van der Waals surface area contributed by atoms with Crippen LogP contribution in [0.1, 0.15) is 26.7 Å². The van der Waals surface area contributed by atoms with E-state index in [0.29, 0.717) is 0 Å². The molecule has 0 spiro atoms. The number of carbonyl (C=O) groups is 4. The summed E-state index contributed by atoms with van der Waals surface area (Å²) in [6.45, 7) is 2.79. The average molecular weight is 416 g/mol. The van der Waals surface area contributed by atoms with Crippen molar-refractivity contribution in [2.24, 2.45) is 0 Å². The van der Waals surface area contributed by atoms with Gasteiger partial charge in [0.25, 0.3) is 0 Å². The summed E-state index contributed by atoms with van der Waals surface area (Å²) in [6.07, 6.45) is -1.22. The number of thiophene rings is 1. The minimum atomic E-state index is -0.864. The molecule has 11 nitrogen and oxygen atoms in total. The van der Waals surface area contributed by atoms with Crippen molar-refractivity contribution in [2.75, 3.05) is 31.3 Å². The molecule has 0 saturated heterocycles. The minimum absolute atomic E-state index is 0.000685. The maximum Gasteiger partial charge on any atom is 0.317 e. The Bertz CT molecular complexity index is 731. The molecule has 154 valence electrons. The van der Waals surface area contributed by atoms with Gasteiger partial charge in [-0.15, -0.1) is 11.3 Å². The Morgan fingerprint density at radius 3 is 2.18 bits per heavy atom. The Hall–Kier alpha value is -3.02. The summed E-state index contributed by atoms with van der Waals surface area (Å²) in [5.74, 6) is -3.14. The number of hydrogen-bond donors (Lipinski definition) is 0. The van der Waals surface area contributed by atoms with Gasteiger partial charge in [0.15, 0.2) is 5.00 Å². The van der Waals surface area contributed by atoms with Gasteiger partial charge in [0.1, 0.15) is 19.4 Å². The van der Waals surface area contributed by atoms with E-state index < -0.39 is 41.6 Å². The summed E-state index contributed by atoms with van der Waals surface area (Å²) in [5.41, 5.74) is -0.319. The first-order valence-corrected chi connectivity index (χ1v) is 9.17. The molecular weight excluding hydrogens is 396 g/mol. The van der Waals surface area contributed by atoms with Crippen LogP contribution in [0.25, 0.3) is 0 Å². The SMILES string of the molecule is CCOC(=O)CC(=O)OCCN(C(=O)CC(=O)OCC)c1sccc1[N+](=O)[O-]. The molecule has 0 fully saturated rings. The zero-order chi connectivity index (χ0) is 21.1. The second-order valence-corrected chi connectivity index (χ2v) is 5.99. The van der Waals surface area contributed by atoms with Crippen molar-refractivity contribution in [1.82, 2.24) is 0 Å². The zero-order valence-electron chi connectivity index (χ0n) is 15.4. The van der Waals surface area contributed by atoms with Crippen molar-refractivity contribution in [1.29, 1.82) is 0 Å². The van der Waals surface area contributed by atoms with Crippen LogP contribution in [0.5, 0.6) is 0 Å². The first-order chi connectivity index (χ1) is 13.3. The van der Waals surface area contributed by atoms with Crippen molar-refractivity contribution < 1.29 is 38.3 Å². The van der Waals surface area contributed by atoms with Gasteiger partial charge in [-0.2, -0.15) is 0 Å². The predicted molar refractivity (Wildman–Crippen MR) is 96.8 cm³/mol. The second kappa shape index (κ2) is 11.6. The number of rotatable bonds is 11. The smallest absolute Gasteiger partial charge is 0.317 e. The van der Waals surface area contributed by atoms with Crippen molar-refractivity contribution in [3.63, 3.8) is 0 Å². The van der Waals surface area contributed by atoms with E-state index in [4.69, 9.17) is 9.47 Å². The van der Waals surface area contributed by atoms with E-state index in [-0.39, 0.29) is 37.1 Å². The summed E-state index contributed by atoms with van der Waals surface area (Å²) < 4.78 is 14.2. The quantitative estimate of drug-likeness (QED) is 0.172. The van der Waals surface area contributed by atoms with Crippen molar-refractivity contribution in [3.8, 4) is 0 Å². The molecule has 0 aliphatic carbocycles. The topological polar surface area (TPSA) is 142 Å². The highest BCUT2D eigenvalue weighted by molar-refractivity contribution is 7.15. The van der Waals surface area contributed by atoms with Crippen LogP contribution in [0.15, 0.2) is 11.4 Å². The highest BCUT2D eigenvalue weighted by Gasteiger charge is 2.28. The summed E-state index contributed by atoms with van der Waals surface area (Å²) in [5, 5.41) is 12.6. The number of nitrogens with zero attached hydrogens (tertiary/aromatic N) is 2. The van der Waals surface area contributed by atoms with Crippen molar-refractivity contribution >= 4 is 45.8 Å². The highest BCUT2D eigenvalue weighted by atomic mass is 32.1. The summed E-state index contributed by atoms with van der Waals surface area (Å²) in [4.78, 5) is 58.3. The van der Waals surface area contributed by atoms with E-state index in [1.54, 1.807) is 13.8 Å². The van der Waals surface area contributed by atoms with Crippen LogP contribution in [-0.2, 0) is 33.4 Å². The Labute approximate surface area is 164 Å². The van der Waals surface area contributed by atoms with E-state index in [1.807, 2.05) is 0 Å². The average Bonchev–Trinajstić information content (AvgIpc) is 3.08. The van der Waals surface area contributed by atoms with Crippen LogP contribution < -0.4 is 4.90 Å². The second-order valence-electron chi connectivity index (χ2n) is 5.10. The molecule has 12 heteroatoms. The molecule has 0 bridgehead atoms. The number of hydrogen-bond acceptors (Lipinski definition) is 10. The third-order valence-electron chi connectivity index (χ3n) is 3.14. The van der Waals surface area contributed by atoms with Gasteiger partial charge >= 0.3 is 23.6 Å². The summed E-state index contributed by atoms with van der Waals surface area (Å²) in [6, 6.07) is 1.22. The molecule has 1 heterocycles. The standard InChI is InChI=1S/C16H20N2O9S/c1-3-25-13(20)9-12(19)17(16-11(18(23)24)5-8-28-16)6-7-27-15(22)10-14(21)26-4-2/h5,8H,3-4,6-7,9-10H2,1-2H3. The Balaban J connectivity index is 2.81. The fourth-order valence-corrected chi connectivity index (χ4v) is 2.95. The van der Waals surface area contributed by atoms with Crippen molar-refractivity contribution in [3.05, 3.63) is 21.6 Å². The monoisotopic (exact) mass is 416 g/mol. The highest BCUT2D eigenvalue weighted by Crippen LogP contribution is 2.34. The molecular formula is C16H20N2O9S. The zero-order valence-corrected chi connectivity index (χ0v) is 16.2. The molecule has 0 atom stereocenters. The van der Waals surface area contributed by atoms with Crippen LogP contribution in [0.2, 0.25) is 0 Å². The Kier molecular flexibility index (Phi) is 9.57. The lowest BCUT2D eigenvalue weighted by molar-refractivity contribution is -0.383.